The Morgan fingerprint density at radius 1 is 1.33 bits per heavy atom. The van der Waals surface area contributed by atoms with Gasteiger partial charge in [-0.1, -0.05) is 17.7 Å². The van der Waals surface area contributed by atoms with Gasteiger partial charge in [-0.15, -0.1) is 0 Å². The summed E-state index contributed by atoms with van der Waals surface area (Å²) in [4.78, 5) is 25.0. The molecule has 27 heavy (non-hydrogen) atoms. The second-order valence-corrected chi connectivity index (χ2v) is 5.76. The summed E-state index contributed by atoms with van der Waals surface area (Å²) in [6.07, 6.45) is -2.15. The van der Waals surface area contributed by atoms with Crippen molar-refractivity contribution in [3.05, 3.63) is 35.6 Å². The summed E-state index contributed by atoms with van der Waals surface area (Å²) in [5.41, 5.74) is 0.588. The van der Waals surface area contributed by atoms with Crippen molar-refractivity contribution in [2.24, 2.45) is 0 Å². The Balaban J connectivity index is 0.000000321. The number of rotatable bonds is 2. The van der Waals surface area contributed by atoms with Gasteiger partial charge in [0.05, 0.1) is 17.3 Å². The maximum Gasteiger partial charge on any atom is 0.490 e. The molecule has 146 valence electrons. The third kappa shape index (κ3) is 5.78. The van der Waals surface area contributed by atoms with Gasteiger partial charge >= 0.3 is 12.1 Å². The number of pyridine rings is 1. The number of alkyl halides is 3. The van der Waals surface area contributed by atoms with Crippen molar-refractivity contribution in [1.29, 1.82) is 0 Å². The number of hydrogen-bond donors (Lipinski definition) is 3. The number of carboxylic acids is 1. The van der Waals surface area contributed by atoms with Gasteiger partial charge in [0.15, 0.2) is 0 Å². The Labute approximate surface area is 156 Å². The van der Waals surface area contributed by atoms with Gasteiger partial charge in [-0.05, 0) is 12.1 Å². The third-order valence-electron chi connectivity index (χ3n) is 3.47. The zero-order chi connectivity index (χ0) is 20.0. The van der Waals surface area contributed by atoms with Crippen LogP contribution in [0.15, 0.2) is 30.6 Å². The van der Waals surface area contributed by atoms with Crippen molar-refractivity contribution in [2.75, 3.05) is 25.0 Å². The van der Waals surface area contributed by atoms with E-state index in [0.29, 0.717) is 23.9 Å². The highest BCUT2D eigenvalue weighted by Crippen LogP contribution is 2.30. The average molecular weight is 406 g/mol. The largest absolute Gasteiger partial charge is 0.490 e. The van der Waals surface area contributed by atoms with Crippen LogP contribution < -0.4 is 10.6 Å². The highest BCUT2D eigenvalue weighted by Gasteiger charge is 2.38. The van der Waals surface area contributed by atoms with Crippen LogP contribution in [0.4, 0.5) is 18.9 Å². The maximum absolute atomic E-state index is 12.1. The highest BCUT2D eigenvalue weighted by atomic mass is 35.5. The van der Waals surface area contributed by atoms with Crippen molar-refractivity contribution < 1.29 is 32.6 Å². The van der Waals surface area contributed by atoms with E-state index in [1.165, 1.54) is 0 Å². The molecule has 1 fully saturated rings. The fraction of sp³-hybridized carbons (Fsp3) is 0.312. The van der Waals surface area contributed by atoms with Crippen molar-refractivity contribution in [2.45, 2.75) is 12.3 Å². The first-order valence-electron chi connectivity index (χ1n) is 7.65. The number of carbonyl (C=O) groups excluding carboxylic acids is 1. The minimum absolute atomic E-state index is 0.187. The Morgan fingerprint density at radius 2 is 2.04 bits per heavy atom. The lowest BCUT2D eigenvalue weighted by Crippen LogP contribution is -2.45. The standard InChI is InChI=1S/C14H14ClN3O2.C2HF3O2/c15-13-10-3-4-16-7-9(10)1-2-11(13)18-14(19)12-8-17-5-6-20-12;3-2(4,5)1(6)7/h1-4,7,12,17H,5-6,8H2,(H,18,19);(H,6,7). The number of aliphatic carboxylic acids is 1. The number of carboxylic acid groups (broad SMARTS) is 1. The van der Waals surface area contributed by atoms with Crippen molar-refractivity contribution in [1.82, 2.24) is 10.3 Å². The first kappa shape index (κ1) is 20.9. The minimum Gasteiger partial charge on any atom is -0.475 e. The molecule has 0 radical (unpaired) electrons. The van der Waals surface area contributed by atoms with Crippen molar-refractivity contribution >= 4 is 39.9 Å². The molecule has 1 aromatic heterocycles. The summed E-state index contributed by atoms with van der Waals surface area (Å²) in [5.74, 6) is -2.94. The predicted molar refractivity (Wildman–Crippen MR) is 91.7 cm³/mol. The smallest absolute Gasteiger partial charge is 0.475 e. The Bertz CT molecular complexity index is 826. The molecule has 1 amide bonds. The molecule has 0 spiro atoms. The van der Waals surface area contributed by atoms with Crippen LogP contribution >= 0.6 is 11.6 Å². The topological polar surface area (TPSA) is 101 Å². The molecule has 1 atom stereocenters. The number of nitrogens with one attached hydrogen (secondary N) is 2. The number of nitrogens with zero attached hydrogens (tertiary/aromatic N) is 1. The Hall–Kier alpha value is -2.43. The van der Waals surface area contributed by atoms with Crippen LogP contribution in [-0.2, 0) is 14.3 Å². The van der Waals surface area contributed by atoms with Crippen molar-refractivity contribution in [3.63, 3.8) is 0 Å². The number of ether oxygens (including phenoxy) is 1. The summed E-state index contributed by atoms with van der Waals surface area (Å²) >= 11 is 6.33. The molecule has 0 aliphatic carbocycles. The first-order chi connectivity index (χ1) is 12.7. The predicted octanol–water partition coefficient (Wildman–Crippen LogP) is 2.45. The van der Waals surface area contributed by atoms with Gasteiger partial charge in [-0.2, -0.15) is 13.2 Å². The lowest BCUT2D eigenvalue weighted by molar-refractivity contribution is -0.192. The van der Waals surface area contributed by atoms with E-state index < -0.39 is 18.2 Å². The first-order valence-corrected chi connectivity index (χ1v) is 8.03. The SMILES string of the molecule is O=C(Nc1ccc2cnccc2c1Cl)C1CNCCO1.O=C(O)C(F)(F)F. The molecule has 0 saturated carbocycles. The molecular weight excluding hydrogens is 391 g/mol. The highest BCUT2D eigenvalue weighted by molar-refractivity contribution is 6.38. The second kappa shape index (κ2) is 8.98. The number of carbonyl (C=O) groups is 2. The number of benzene rings is 1. The monoisotopic (exact) mass is 405 g/mol. The number of aromatic nitrogens is 1. The van der Waals surface area contributed by atoms with E-state index in [-0.39, 0.29) is 5.91 Å². The molecule has 1 aliphatic rings. The number of halogens is 4. The summed E-state index contributed by atoms with van der Waals surface area (Å²) in [7, 11) is 0. The van der Waals surface area contributed by atoms with Crippen LogP contribution in [0, 0.1) is 0 Å². The molecule has 2 aromatic rings. The summed E-state index contributed by atoms with van der Waals surface area (Å²) in [6.45, 7) is 1.82. The van der Waals surface area contributed by atoms with Crippen LogP contribution in [0.3, 0.4) is 0 Å². The van der Waals surface area contributed by atoms with Crippen LogP contribution in [0.2, 0.25) is 5.02 Å². The summed E-state index contributed by atoms with van der Waals surface area (Å²) in [5, 5.41) is 15.4. The lowest BCUT2D eigenvalue weighted by atomic mass is 10.1. The molecule has 7 nitrogen and oxygen atoms in total. The Morgan fingerprint density at radius 3 is 2.63 bits per heavy atom. The minimum atomic E-state index is -5.08. The fourth-order valence-electron chi connectivity index (χ4n) is 2.17. The molecule has 1 unspecified atom stereocenters. The molecule has 2 heterocycles. The van der Waals surface area contributed by atoms with Gasteiger partial charge in [-0.25, -0.2) is 4.79 Å². The van der Waals surface area contributed by atoms with Gasteiger partial charge in [0.1, 0.15) is 6.10 Å². The van der Waals surface area contributed by atoms with E-state index in [1.807, 2.05) is 12.1 Å². The molecule has 1 saturated heterocycles. The zero-order valence-corrected chi connectivity index (χ0v) is 14.5. The van der Waals surface area contributed by atoms with E-state index in [0.717, 1.165) is 17.3 Å². The van der Waals surface area contributed by atoms with Gasteiger partial charge in [0.2, 0.25) is 0 Å². The number of morpholine rings is 1. The van der Waals surface area contributed by atoms with Crippen molar-refractivity contribution in [3.8, 4) is 0 Å². The quantitative estimate of drug-likeness (QED) is 0.709. The Kier molecular flexibility index (Phi) is 6.94. The van der Waals surface area contributed by atoms with E-state index in [9.17, 15) is 18.0 Å². The van der Waals surface area contributed by atoms with E-state index in [4.69, 9.17) is 26.2 Å². The van der Waals surface area contributed by atoms with Gasteiger partial charge in [0, 0.05) is 36.3 Å². The van der Waals surface area contributed by atoms with E-state index in [2.05, 4.69) is 15.6 Å². The maximum atomic E-state index is 12.1. The molecule has 1 aromatic carbocycles. The molecular formula is C16H15ClF3N3O4. The molecule has 3 rings (SSSR count). The number of fused-ring (bicyclic) bond motifs is 1. The zero-order valence-electron chi connectivity index (χ0n) is 13.7. The van der Waals surface area contributed by atoms with Crippen LogP contribution in [-0.4, -0.2) is 53.9 Å². The number of amides is 1. The summed E-state index contributed by atoms with van der Waals surface area (Å²) in [6, 6.07) is 5.48. The molecule has 11 heteroatoms. The lowest BCUT2D eigenvalue weighted by Gasteiger charge is -2.23. The van der Waals surface area contributed by atoms with Crippen LogP contribution in [0.5, 0.6) is 0 Å². The number of anilines is 1. The van der Waals surface area contributed by atoms with Crippen LogP contribution in [0.1, 0.15) is 0 Å². The van der Waals surface area contributed by atoms with Gasteiger partial charge in [-0.3, -0.25) is 9.78 Å². The normalized spacial score (nSPS) is 17.0. The van der Waals surface area contributed by atoms with E-state index in [1.54, 1.807) is 18.5 Å². The molecule has 0 bridgehead atoms. The average Bonchev–Trinajstić information content (AvgIpc) is 2.64. The third-order valence-corrected chi connectivity index (χ3v) is 3.88. The van der Waals surface area contributed by atoms with Gasteiger partial charge < -0.3 is 20.5 Å². The van der Waals surface area contributed by atoms with E-state index >= 15 is 0 Å². The fourth-order valence-corrected chi connectivity index (χ4v) is 2.46. The number of hydrogen-bond acceptors (Lipinski definition) is 5. The molecule has 3 N–H and O–H groups in total. The summed E-state index contributed by atoms with van der Waals surface area (Å²) < 4.78 is 37.1. The second-order valence-electron chi connectivity index (χ2n) is 5.38. The van der Waals surface area contributed by atoms with Gasteiger partial charge in [0.25, 0.3) is 5.91 Å². The molecule has 1 aliphatic heterocycles. The van der Waals surface area contributed by atoms with Crippen LogP contribution in [0.25, 0.3) is 10.8 Å².